The highest BCUT2D eigenvalue weighted by Crippen LogP contribution is 2.31. The van der Waals surface area contributed by atoms with Crippen LogP contribution in [0.5, 0.6) is 5.75 Å². The summed E-state index contributed by atoms with van der Waals surface area (Å²) in [6.07, 6.45) is 3.82. The second-order valence-electron chi connectivity index (χ2n) is 6.67. The van der Waals surface area contributed by atoms with Gasteiger partial charge in [-0.3, -0.25) is 4.79 Å². The van der Waals surface area contributed by atoms with E-state index in [2.05, 4.69) is 10.3 Å². The molecule has 146 valence electrons. The number of methoxy groups -OCH3 is 1. The first-order chi connectivity index (χ1) is 14.2. The van der Waals surface area contributed by atoms with Gasteiger partial charge in [-0.15, -0.1) is 0 Å². The summed E-state index contributed by atoms with van der Waals surface area (Å²) in [6.45, 7) is 0. The number of aromatic nitrogens is 2. The van der Waals surface area contributed by atoms with Crippen LogP contribution >= 0.6 is 0 Å². The maximum absolute atomic E-state index is 13.9. The molecule has 0 bridgehead atoms. The van der Waals surface area contributed by atoms with E-state index in [1.165, 1.54) is 6.07 Å². The Balaban J connectivity index is 1.70. The van der Waals surface area contributed by atoms with Crippen LogP contribution in [-0.2, 0) is 4.79 Å². The van der Waals surface area contributed by atoms with E-state index in [-0.39, 0.29) is 23.9 Å². The molecule has 0 fully saturated rings. The number of nitrogens with one attached hydrogen (secondary N) is 1. The van der Waals surface area contributed by atoms with E-state index in [1.54, 1.807) is 31.5 Å². The molecule has 0 aliphatic rings. The van der Waals surface area contributed by atoms with Gasteiger partial charge in [-0.2, -0.15) is 0 Å². The smallest absolute Gasteiger partial charge is 0.225 e. The van der Waals surface area contributed by atoms with Crippen molar-refractivity contribution < 1.29 is 13.9 Å². The summed E-state index contributed by atoms with van der Waals surface area (Å²) >= 11 is 0. The van der Waals surface area contributed by atoms with Crippen molar-refractivity contribution in [1.29, 1.82) is 0 Å². The molecule has 0 radical (unpaired) electrons. The Hall–Kier alpha value is -3.67. The summed E-state index contributed by atoms with van der Waals surface area (Å²) in [5.41, 5.74) is 2.75. The van der Waals surface area contributed by atoms with Gasteiger partial charge in [-0.05, 0) is 42.0 Å². The summed E-state index contributed by atoms with van der Waals surface area (Å²) in [4.78, 5) is 17.2. The normalized spacial score (nSPS) is 11.9. The first-order valence-corrected chi connectivity index (χ1v) is 9.26. The molecule has 0 saturated heterocycles. The SMILES string of the molecule is COc1cccc(C(CC(=O)Nc2ccccc2F)c2cnc3ccccn23)c1. The van der Waals surface area contributed by atoms with Crippen LogP contribution in [-0.4, -0.2) is 22.4 Å². The average molecular weight is 389 g/mol. The Morgan fingerprint density at radius 1 is 1.14 bits per heavy atom. The standard InChI is InChI=1S/C23H20FN3O2/c1-29-17-8-6-7-16(13-17)18(21-15-25-22-11-4-5-12-27(21)22)14-23(28)26-20-10-3-2-9-19(20)24/h2-13,15,18H,14H2,1H3,(H,26,28). The molecule has 29 heavy (non-hydrogen) atoms. The van der Waals surface area contributed by atoms with Crippen LogP contribution in [0.25, 0.3) is 5.65 Å². The van der Waals surface area contributed by atoms with Crippen molar-refractivity contribution in [1.82, 2.24) is 9.38 Å². The molecular weight excluding hydrogens is 369 g/mol. The average Bonchev–Trinajstić information content (AvgIpc) is 3.18. The topological polar surface area (TPSA) is 55.6 Å². The third-order valence-corrected chi connectivity index (χ3v) is 4.84. The Bertz CT molecular complexity index is 1160. The minimum Gasteiger partial charge on any atom is -0.497 e. The maximum atomic E-state index is 13.9. The first kappa shape index (κ1) is 18.7. The molecule has 1 unspecified atom stereocenters. The Morgan fingerprint density at radius 3 is 2.79 bits per heavy atom. The van der Waals surface area contributed by atoms with E-state index in [1.807, 2.05) is 53.1 Å². The van der Waals surface area contributed by atoms with Crippen molar-refractivity contribution in [2.45, 2.75) is 12.3 Å². The fourth-order valence-electron chi connectivity index (χ4n) is 3.41. The van der Waals surface area contributed by atoms with Gasteiger partial charge in [0.25, 0.3) is 0 Å². The lowest BCUT2D eigenvalue weighted by atomic mass is 9.92. The van der Waals surface area contributed by atoms with E-state index in [4.69, 9.17) is 4.74 Å². The summed E-state index contributed by atoms with van der Waals surface area (Å²) in [7, 11) is 1.60. The van der Waals surface area contributed by atoms with Gasteiger partial charge in [0.15, 0.2) is 0 Å². The van der Waals surface area contributed by atoms with Gasteiger partial charge >= 0.3 is 0 Å². The number of carbonyl (C=O) groups excluding carboxylic acids is 1. The van der Waals surface area contributed by atoms with Crippen LogP contribution < -0.4 is 10.1 Å². The number of rotatable bonds is 6. The number of pyridine rings is 1. The molecule has 1 amide bonds. The number of amides is 1. The van der Waals surface area contributed by atoms with Crippen molar-refractivity contribution in [2.24, 2.45) is 0 Å². The highest BCUT2D eigenvalue weighted by Gasteiger charge is 2.23. The second kappa shape index (κ2) is 8.14. The van der Waals surface area contributed by atoms with E-state index in [9.17, 15) is 9.18 Å². The van der Waals surface area contributed by atoms with Gasteiger partial charge < -0.3 is 14.5 Å². The number of nitrogens with zero attached hydrogens (tertiary/aromatic N) is 2. The number of hydrogen-bond acceptors (Lipinski definition) is 3. The fraction of sp³-hybridized carbons (Fsp3) is 0.130. The molecule has 1 atom stereocenters. The molecule has 0 aliphatic heterocycles. The Labute approximate surface area is 167 Å². The largest absolute Gasteiger partial charge is 0.497 e. The molecule has 1 N–H and O–H groups in total. The minimum atomic E-state index is -0.464. The van der Waals surface area contributed by atoms with Crippen molar-refractivity contribution >= 4 is 17.2 Å². The zero-order valence-electron chi connectivity index (χ0n) is 15.9. The van der Waals surface area contributed by atoms with Gasteiger partial charge in [-0.25, -0.2) is 9.37 Å². The molecule has 4 rings (SSSR count). The summed E-state index contributed by atoms with van der Waals surface area (Å²) in [5.74, 6) is -0.326. The highest BCUT2D eigenvalue weighted by molar-refractivity contribution is 5.91. The van der Waals surface area contributed by atoms with Crippen LogP contribution in [0.2, 0.25) is 0 Å². The van der Waals surface area contributed by atoms with Crippen molar-refractivity contribution in [3.8, 4) is 5.75 Å². The van der Waals surface area contributed by atoms with Crippen LogP contribution in [0.3, 0.4) is 0 Å². The second-order valence-corrected chi connectivity index (χ2v) is 6.67. The van der Waals surface area contributed by atoms with Crippen LogP contribution in [0.1, 0.15) is 23.6 Å². The zero-order valence-corrected chi connectivity index (χ0v) is 15.9. The quantitative estimate of drug-likeness (QED) is 0.523. The number of benzene rings is 2. The van der Waals surface area contributed by atoms with Crippen LogP contribution in [0.15, 0.2) is 79.1 Å². The van der Waals surface area contributed by atoms with E-state index in [0.29, 0.717) is 5.75 Å². The number of ether oxygens (including phenoxy) is 1. The monoisotopic (exact) mass is 389 g/mol. The van der Waals surface area contributed by atoms with E-state index in [0.717, 1.165) is 16.9 Å². The predicted octanol–water partition coefficient (Wildman–Crippen LogP) is 4.64. The van der Waals surface area contributed by atoms with Gasteiger partial charge in [0, 0.05) is 24.7 Å². The predicted molar refractivity (Wildman–Crippen MR) is 110 cm³/mol. The Kier molecular flexibility index (Phi) is 5.24. The lowest BCUT2D eigenvalue weighted by molar-refractivity contribution is -0.116. The number of carbonyl (C=O) groups is 1. The molecule has 2 heterocycles. The minimum absolute atomic E-state index is 0.129. The van der Waals surface area contributed by atoms with Gasteiger partial charge in [-0.1, -0.05) is 30.3 Å². The number of fused-ring (bicyclic) bond motifs is 1. The number of imidazole rings is 1. The molecule has 4 aromatic rings. The number of hydrogen-bond donors (Lipinski definition) is 1. The number of para-hydroxylation sites is 1. The Morgan fingerprint density at radius 2 is 1.97 bits per heavy atom. The number of anilines is 1. The zero-order chi connectivity index (χ0) is 20.2. The third-order valence-electron chi connectivity index (χ3n) is 4.84. The maximum Gasteiger partial charge on any atom is 0.225 e. The van der Waals surface area contributed by atoms with Crippen molar-refractivity contribution in [3.63, 3.8) is 0 Å². The molecule has 0 spiro atoms. The van der Waals surface area contributed by atoms with Crippen LogP contribution in [0, 0.1) is 5.82 Å². The highest BCUT2D eigenvalue weighted by atomic mass is 19.1. The van der Waals surface area contributed by atoms with E-state index >= 15 is 0 Å². The van der Waals surface area contributed by atoms with Gasteiger partial charge in [0.05, 0.1) is 18.5 Å². The molecular formula is C23H20FN3O2. The summed E-state index contributed by atoms with van der Waals surface area (Å²) < 4.78 is 21.3. The molecule has 5 nitrogen and oxygen atoms in total. The fourth-order valence-corrected chi connectivity index (χ4v) is 3.41. The third kappa shape index (κ3) is 3.96. The lowest BCUT2D eigenvalue weighted by Crippen LogP contribution is -2.18. The summed E-state index contributed by atoms with van der Waals surface area (Å²) in [6, 6.07) is 19.5. The summed E-state index contributed by atoms with van der Waals surface area (Å²) in [5, 5.41) is 2.67. The number of halogens is 1. The van der Waals surface area contributed by atoms with Crippen LogP contribution in [0.4, 0.5) is 10.1 Å². The molecule has 2 aromatic carbocycles. The van der Waals surface area contributed by atoms with E-state index < -0.39 is 5.82 Å². The van der Waals surface area contributed by atoms with Gasteiger partial charge in [0.2, 0.25) is 5.91 Å². The van der Waals surface area contributed by atoms with Crippen molar-refractivity contribution in [3.05, 3.63) is 96.2 Å². The van der Waals surface area contributed by atoms with Crippen molar-refractivity contribution in [2.75, 3.05) is 12.4 Å². The molecule has 0 aliphatic carbocycles. The first-order valence-electron chi connectivity index (χ1n) is 9.26. The molecule has 2 aromatic heterocycles. The molecule has 0 saturated carbocycles. The van der Waals surface area contributed by atoms with Gasteiger partial charge in [0.1, 0.15) is 17.2 Å². The lowest BCUT2D eigenvalue weighted by Gasteiger charge is -2.18. The molecule has 6 heteroatoms.